The van der Waals surface area contributed by atoms with Gasteiger partial charge in [0.15, 0.2) is 0 Å². The Kier molecular flexibility index (Phi) is 5.20. The van der Waals surface area contributed by atoms with Gasteiger partial charge in [-0.25, -0.2) is 9.78 Å². The number of ether oxygens (including phenoxy) is 2. The molecule has 0 aliphatic carbocycles. The number of H-pyrrole nitrogens is 1. The summed E-state index contributed by atoms with van der Waals surface area (Å²) in [5, 5.41) is -0.399. The molecule has 10 heteroatoms. The summed E-state index contributed by atoms with van der Waals surface area (Å²) >= 11 is 5.62. The number of nitrogens with zero attached hydrogens (tertiary/aromatic N) is 1. The Balaban J connectivity index is 1.55. The zero-order chi connectivity index (χ0) is 22.2. The maximum atomic E-state index is 13.0. The molecule has 0 radical (unpaired) electrons. The highest BCUT2D eigenvalue weighted by atomic mass is 35.5. The number of carbonyl (C=O) groups excluding carboxylic acids is 1. The fourth-order valence-electron chi connectivity index (χ4n) is 2.91. The predicted molar refractivity (Wildman–Crippen MR) is 108 cm³/mol. The minimum atomic E-state index is -4.58. The molecule has 1 heterocycles. The molecule has 0 aliphatic rings. The molecule has 1 aromatic heterocycles. The number of hydrogen-bond acceptors (Lipinski definition) is 4. The number of imidazole rings is 1. The largest absolute Gasteiger partial charge is 0.457 e. The number of alkyl halides is 3. The third kappa shape index (κ3) is 4.56. The minimum Gasteiger partial charge on any atom is -0.457 e. The highest BCUT2D eigenvalue weighted by molar-refractivity contribution is 6.31. The molecule has 0 atom stereocenters. The van der Waals surface area contributed by atoms with Crippen molar-refractivity contribution >= 4 is 28.7 Å². The van der Waals surface area contributed by atoms with E-state index in [-0.39, 0.29) is 11.5 Å². The average Bonchev–Trinajstić information content (AvgIpc) is 3.12. The molecule has 31 heavy (non-hydrogen) atoms. The van der Waals surface area contributed by atoms with Crippen LogP contribution in [0.4, 0.5) is 18.0 Å². The predicted octanol–water partition coefficient (Wildman–Crippen LogP) is 6.15. The number of aromatic nitrogens is 2. The van der Waals surface area contributed by atoms with E-state index in [0.29, 0.717) is 28.2 Å². The van der Waals surface area contributed by atoms with Crippen LogP contribution in [0.2, 0.25) is 5.02 Å². The molecule has 4 aromatic rings. The number of rotatable bonds is 4. The Bertz CT molecular complexity index is 1270. The first kappa shape index (κ1) is 20.5. The van der Waals surface area contributed by atoms with Crippen LogP contribution in [-0.2, 0) is 6.18 Å². The van der Waals surface area contributed by atoms with Crippen molar-refractivity contribution < 1.29 is 27.4 Å². The summed E-state index contributed by atoms with van der Waals surface area (Å²) < 4.78 is 49.4. The molecule has 0 unspecified atom stereocenters. The van der Waals surface area contributed by atoms with E-state index < -0.39 is 22.9 Å². The van der Waals surface area contributed by atoms with Gasteiger partial charge in [-0.15, -0.1) is 0 Å². The second-order valence-corrected chi connectivity index (χ2v) is 6.86. The summed E-state index contributed by atoms with van der Waals surface area (Å²) in [6.07, 6.45) is -5.50. The van der Waals surface area contributed by atoms with Gasteiger partial charge in [-0.05, 0) is 54.6 Å². The molecular weight excluding hydrogens is 435 g/mol. The van der Waals surface area contributed by atoms with E-state index >= 15 is 0 Å². The lowest BCUT2D eigenvalue weighted by atomic mass is 10.2. The first-order valence-electron chi connectivity index (χ1n) is 8.81. The molecule has 3 aromatic carbocycles. The molecular formula is C21H13ClF3N3O3. The standard InChI is InChI=1S/C21H13ClF3N3O3/c22-16-7-5-13(9-15(16)21(23,24)25)30-12-3-1-11(2-4-12)19-27-17-8-6-14(31-20(26)29)10-18(17)28-19/h1-10H,(H2,26,29)(H,27,28). The van der Waals surface area contributed by atoms with Gasteiger partial charge in [0.1, 0.15) is 23.1 Å². The van der Waals surface area contributed by atoms with E-state index in [1.54, 1.807) is 42.5 Å². The van der Waals surface area contributed by atoms with Crippen LogP contribution in [0.5, 0.6) is 17.2 Å². The van der Waals surface area contributed by atoms with E-state index in [4.69, 9.17) is 26.8 Å². The van der Waals surface area contributed by atoms with Crippen LogP contribution in [-0.4, -0.2) is 16.1 Å². The van der Waals surface area contributed by atoms with Gasteiger partial charge in [0.25, 0.3) is 0 Å². The average molecular weight is 448 g/mol. The number of nitrogens with one attached hydrogen (secondary N) is 1. The fraction of sp³-hybridized carbons (Fsp3) is 0.0476. The monoisotopic (exact) mass is 447 g/mol. The number of amides is 1. The Morgan fingerprint density at radius 1 is 0.968 bits per heavy atom. The Morgan fingerprint density at radius 3 is 2.32 bits per heavy atom. The first-order valence-corrected chi connectivity index (χ1v) is 9.19. The smallest absolute Gasteiger partial charge is 0.417 e. The van der Waals surface area contributed by atoms with E-state index in [1.165, 1.54) is 6.07 Å². The van der Waals surface area contributed by atoms with Crippen LogP contribution < -0.4 is 15.2 Å². The highest BCUT2D eigenvalue weighted by Gasteiger charge is 2.33. The van der Waals surface area contributed by atoms with Crippen LogP contribution in [0.3, 0.4) is 0 Å². The molecule has 0 saturated heterocycles. The van der Waals surface area contributed by atoms with Crippen molar-refractivity contribution in [1.29, 1.82) is 0 Å². The normalized spacial score (nSPS) is 11.5. The van der Waals surface area contributed by atoms with Gasteiger partial charge >= 0.3 is 12.3 Å². The lowest BCUT2D eigenvalue weighted by Gasteiger charge is -2.12. The van der Waals surface area contributed by atoms with Crippen LogP contribution in [0.15, 0.2) is 60.7 Å². The summed E-state index contributed by atoms with van der Waals surface area (Å²) in [7, 11) is 0. The number of nitrogens with two attached hydrogens (primary N) is 1. The number of primary amides is 1. The lowest BCUT2D eigenvalue weighted by molar-refractivity contribution is -0.137. The Labute approximate surface area is 178 Å². The molecule has 3 N–H and O–H groups in total. The Morgan fingerprint density at radius 2 is 1.65 bits per heavy atom. The van der Waals surface area contributed by atoms with Crippen molar-refractivity contribution in [2.24, 2.45) is 5.73 Å². The molecule has 0 spiro atoms. The van der Waals surface area contributed by atoms with E-state index in [2.05, 4.69) is 9.97 Å². The third-order valence-electron chi connectivity index (χ3n) is 4.28. The number of benzene rings is 3. The van der Waals surface area contributed by atoms with Gasteiger partial charge in [0.2, 0.25) is 0 Å². The van der Waals surface area contributed by atoms with Gasteiger partial charge in [-0.1, -0.05) is 11.6 Å². The lowest BCUT2D eigenvalue weighted by Crippen LogP contribution is -2.16. The molecule has 1 amide bonds. The quantitative estimate of drug-likeness (QED) is 0.392. The zero-order valence-corrected chi connectivity index (χ0v) is 16.3. The fourth-order valence-corrected chi connectivity index (χ4v) is 3.13. The second-order valence-electron chi connectivity index (χ2n) is 6.45. The van der Waals surface area contributed by atoms with Crippen LogP contribution in [0, 0.1) is 0 Å². The van der Waals surface area contributed by atoms with E-state index in [1.807, 2.05) is 0 Å². The molecule has 4 rings (SSSR count). The highest BCUT2D eigenvalue weighted by Crippen LogP contribution is 2.38. The second kappa shape index (κ2) is 7.84. The van der Waals surface area contributed by atoms with Crippen molar-refractivity contribution in [3.63, 3.8) is 0 Å². The topological polar surface area (TPSA) is 90.2 Å². The summed E-state index contributed by atoms with van der Waals surface area (Å²) in [6, 6.07) is 14.8. The van der Waals surface area contributed by atoms with Gasteiger partial charge in [0, 0.05) is 11.6 Å². The van der Waals surface area contributed by atoms with Crippen molar-refractivity contribution in [3.8, 4) is 28.6 Å². The first-order chi connectivity index (χ1) is 14.7. The minimum absolute atomic E-state index is 0.00944. The number of fused-ring (bicyclic) bond motifs is 1. The summed E-state index contributed by atoms with van der Waals surface area (Å²) in [5.74, 6) is 1.17. The van der Waals surface area contributed by atoms with E-state index in [9.17, 15) is 18.0 Å². The number of hydrogen-bond donors (Lipinski definition) is 2. The summed E-state index contributed by atoms with van der Waals surface area (Å²) in [6.45, 7) is 0. The molecule has 0 aliphatic heterocycles. The molecule has 0 fully saturated rings. The third-order valence-corrected chi connectivity index (χ3v) is 4.61. The number of aromatic amines is 1. The summed E-state index contributed by atoms with van der Waals surface area (Å²) in [4.78, 5) is 18.4. The number of carbonyl (C=O) groups is 1. The molecule has 0 saturated carbocycles. The van der Waals surface area contributed by atoms with Crippen LogP contribution in [0.1, 0.15) is 5.56 Å². The maximum Gasteiger partial charge on any atom is 0.417 e. The van der Waals surface area contributed by atoms with Crippen LogP contribution in [0.25, 0.3) is 22.4 Å². The molecule has 6 nitrogen and oxygen atoms in total. The van der Waals surface area contributed by atoms with Crippen molar-refractivity contribution in [1.82, 2.24) is 9.97 Å². The molecule has 158 valence electrons. The summed E-state index contributed by atoms with van der Waals surface area (Å²) in [5.41, 5.74) is 6.04. The van der Waals surface area contributed by atoms with Crippen molar-refractivity contribution in [2.45, 2.75) is 6.18 Å². The van der Waals surface area contributed by atoms with Gasteiger partial charge in [-0.3, -0.25) is 0 Å². The van der Waals surface area contributed by atoms with Crippen molar-refractivity contribution in [3.05, 3.63) is 71.2 Å². The van der Waals surface area contributed by atoms with Crippen molar-refractivity contribution in [2.75, 3.05) is 0 Å². The Hall–Kier alpha value is -3.72. The van der Waals surface area contributed by atoms with Crippen LogP contribution >= 0.6 is 11.6 Å². The van der Waals surface area contributed by atoms with Gasteiger partial charge in [0.05, 0.1) is 21.6 Å². The van der Waals surface area contributed by atoms with Gasteiger partial charge < -0.3 is 20.2 Å². The maximum absolute atomic E-state index is 13.0. The van der Waals surface area contributed by atoms with E-state index in [0.717, 1.165) is 12.1 Å². The number of halogens is 4. The van der Waals surface area contributed by atoms with Gasteiger partial charge in [-0.2, -0.15) is 13.2 Å². The zero-order valence-electron chi connectivity index (χ0n) is 15.5. The SMILES string of the molecule is NC(=O)Oc1ccc2nc(-c3ccc(Oc4ccc(Cl)c(C(F)(F)F)c4)cc3)[nH]c2c1. The molecule has 0 bridgehead atoms.